The molecule has 0 aliphatic rings. The topological polar surface area (TPSA) is 22.1 Å². The molecular weight excluding hydrogens is 126 g/mol. The summed E-state index contributed by atoms with van der Waals surface area (Å²) in [6.07, 6.45) is 0. The molecule has 0 spiro atoms. The van der Waals surface area contributed by atoms with Crippen LogP contribution in [0, 0.1) is 6.92 Å². The van der Waals surface area contributed by atoms with Crippen LogP contribution in [-0.2, 0) is 0 Å². The van der Waals surface area contributed by atoms with Gasteiger partial charge in [0.25, 0.3) is 0 Å². The maximum absolute atomic E-state index is 5.14. The van der Waals surface area contributed by atoms with Gasteiger partial charge in [0.1, 0.15) is 0 Å². The van der Waals surface area contributed by atoms with Gasteiger partial charge in [0.05, 0.1) is 6.61 Å². The van der Waals surface area contributed by atoms with E-state index in [9.17, 15) is 0 Å². The maximum atomic E-state index is 5.14. The van der Waals surface area contributed by atoms with Crippen molar-refractivity contribution in [2.24, 2.45) is 0 Å². The fourth-order valence-corrected chi connectivity index (χ4v) is 0.686. The highest BCUT2D eigenvalue weighted by molar-refractivity contribution is 5.17. The quantitative estimate of drug-likeness (QED) is 0.616. The molecule has 1 aromatic rings. The number of hydrogen-bond acceptors (Lipinski definition) is 2. The molecule has 53 valence electrons. The van der Waals surface area contributed by atoms with E-state index in [4.69, 9.17) is 4.74 Å². The lowest BCUT2D eigenvalue weighted by molar-refractivity contribution is 0.326. The molecular formula is C8H10NO. The highest BCUT2D eigenvalue weighted by Crippen LogP contribution is 2.05. The van der Waals surface area contributed by atoms with Gasteiger partial charge in [-0.3, -0.25) is 0 Å². The van der Waals surface area contributed by atoms with Crippen LogP contribution in [0.5, 0.6) is 5.88 Å². The van der Waals surface area contributed by atoms with Crippen LogP contribution >= 0.6 is 0 Å². The van der Waals surface area contributed by atoms with E-state index in [1.54, 1.807) is 0 Å². The smallest absolute Gasteiger partial charge is 0.213 e. The van der Waals surface area contributed by atoms with Gasteiger partial charge in [-0.15, -0.1) is 0 Å². The standard InChI is InChI=1S/C8H10NO/c1-3-10-8-6-4-5-7(2)9-8/h4-6H,2-3H2,1H3. The summed E-state index contributed by atoms with van der Waals surface area (Å²) in [5, 5.41) is 0. The van der Waals surface area contributed by atoms with Gasteiger partial charge in [-0.2, -0.15) is 0 Å². The number of pyridine rings is 1. The van der Waals surface area contributed by atoms with Crippen molar-refractivity contribution in [1.82, 2.24) is 4.98 Å². The summed E-state index contributed by atoms with van der Waals surface area (Å²) in [6.45, 7) is 6.25. The largest absolute Gasteiger partial charge is 0.478 e. The Balaban J connectivity index is 2.75. The van der Waals surface area contributed by atoms with Crippen molar-refractivity contribution in [2.75, 3.05) is 6.61 Å². The molecule has 0 aliphatic heterocycles. The Morgan fingerprint density at radius 1 is 1.60 bits per heavy atom. The summed E-state index contributed by atoms with van der Waals surface area (Å²) in [6, 6.07) is 5.53. The first kappa shape index (κ1) is 7.06. The van der Waals surface area contributed by atoms with Crippen molar-refractivity contribution in [1.29, 1.82) is 0 Å². The average Bonchev–Trinajstić information content (AvgIpc) is 1.88. The van der Waals surface area contributed by atoms with Crippen molar-refractivity contribution < 1.29 is 4.74 Å². The Morgan fingerprint density at radius 3 is 3.00 bits per heavy atom. The van der Waals surface area contributed by atoms with Gasteiger partial charge in [-0.05, 0) is 19.9 Å². The SMILES string of the molecule is [CH2]c1cccc(OCC)n1. The second-order valence-electron chi connectivity index (χ2n) is 1.90. The molecule has 0 N–H and O–H groups in total. The first-order valence-electron chi connectivity index (χ1n) is 3.24. The zero-order valence-corrected chi connectivity index (χ0v) is 6.00. The molecule has 2 heteroatoms. The first-order chi connectivity index (χ1) is 4.83. The van der Waals surface area contributed by atoms with Crippen LogP contribution in [0.2, 0.25) is 0 Å². The summed E-state index contributed by atoms with van der Waals surface area (Å²) < 4.78 is 5.14. The molecule has 0 aliphatic carbocycles. The molecule has 0 fully saturated rings. The van der Waals surface area contributed by atoms with Crippen LogP contribution in [0.15, 0.2) is 18.2 Å². The number of rotatable bonds is 2. The lowest BCUT2D eigenvalue weighted by Crippen LogP contribution is -1.94. The Morgan fingerprint density at radius 2 is 2.40 bits per heavy atom. The lowest BCUT2D eigenvalue weighted by Gasteiger charge is -2.00. The van der Waals surface area contributed by atoms with Crippen molar-refractivity contribution in [3.8, 4) is 5.88 Å². The van der Waals surface area contributed by atoms with Crippen molar-refractivity contribution in [2.45, 2.75) is 6.92 Å². The highest BCUT2D eigenvalue weighted by Gasteiger charge is 1.90. The van der Waals surface area contributed by atoms with Gasteiger partial charge >= 0.3 is 0 Å². The van der Waals surface area contributed by atoms with E-state index in [2.05, 4.69) is 11.9 Å². The van der Waals surface area contributed by atoms with E-state index in [1.165, 1.54) is 0 Å². The second-order valence-corrected chi connectivity index (χ2v) is 1.90. The Kier molecular flexibility index (Phi) is 2.26. The molecule has 0 saturated heterocycles. The van der Waals surface area contributed by atoms with Crippen molar-refractivity contribution in [3.63, 3.8) is 0 Å². The molecule has 1 heterocycles. The molecule has 0 bridgehead atoms. The van der Waals surface area contributed by atoms with Crippen LogP contribution in [0.3, 0.4) is 0 Å². The van der Waals surface area contributed by atoms with Gasteiger partial charge in [0.2, 0.25) is 5.88 Å². The predicted octanol–water partition coefficient (Wildman–Crippen LogP) is 1.66. The zero-order valence-electron chi connectivity index (χ0n) is 6.00. The molecule has 10 heavy (non-hydrogen) atoms. The predicted molar refractivity (Wildman–Crippen MR) is 39.9 cm³/mol. The van der Waals surface area contributed by atoms with Crippen LogP contribution in [0.1, 0.15) is 12.6 Å². The van der Waals surface area contributed by atoms with E-state index in [-0.39, 0.29) is 0 Å². The lowest BCUT2D eigenvalue weighted by atomic mass is 10.4. The highest BCUT2D eigenvalue weighted by atomic mass is 16.5. The van der Waals surface area contributed by atoms with Gasteiger partial charge < -0.3 is 4.74 Å². The Hall–Kier alpha value is -1.05. The van der Waals surface area contributed by atoms with E-state index in [0.717, 1.165) is 5.69 Å². The summed E-state index contributed by atoms with van der Waals surface area (Å²) >= 11 is 0. The number of aromatic nitrogens is 1. The molecule has 0 aromatic carbocycles. The molecule has 1 radical (unpaired) electrons. The molecule has 2 nitrogen and oxygen atoms in total. The Bertz CT molecular complexity index is 210. The summed E-state index contributed by atoms with van der Waals surface area (Å²) in [5.41, 5.74) is 0.742. The first-order valence-corrected chi connectivity index (χ1v) is 3.24. The minimum absolute atomic E-state index is 0.648. The van der Waals surface area contributed by atoms with Gasteiger partial charge in [-0.1, -0.05) is 6.07 Å². The van der Waals surface area contributed by atoms with E-state index in [0.29, 0.717) is 12.5 Å². The fraction of sp³-hybridized carbons (Fsp3) is 0.250. The third kappa shape index (κ3) is 1.72. The number of ether oxygens (including phenoxy) is 1. The second kappa shape index (κ2) is 3.20. The maximum Gasteiger partial charge on any atom is 0.213 e. The summed E-state index contributed by atoms with van der Waals surface area (Å²) in [5.74, 6) is 0.648. The van der Waals surface area contributed by atoms with Gasteiger partial charge in [0.15, 0.2) is 0 Å². The van der Waals surface area contributed by atoms with Crippen LogP contribution in [-0.4, -0.2) is 11.6 Å². The molecule has 1 aromatic heterocycles. The van der Waals surface area contributed by atoms with E-state index in [1.807, 2.05) is 25.1 Å². The van der Waals surface area contributed by atoms with Crippen LogP contribution < -0.4 is 4.74 Å². The number of nitrogens with zero attached hydrogens (tertiary/aromatic N) is 1. The average molecular weight is 136 g/mol. The van der Waals surface area contributed by atoms with Crippen molar-refractivity contribution >= 4 is 0 Å². The summed E-state index contributed by atoms with van der Waals surface area (Å²) in [7, 11) is 0. The minimum Gasteiger partial charge on any atom is -0.478 e. The van der Waals surface area contributed by atoms with Crippen LogP contribution in [0.4, 0.5) is 0 Å². The van der Waals surface area contributed by atoms with E-state index >= 15 is 0 Å². The molecule has 0 saturated carbocycles. The number of hydrogen-bond donors (Lipinski definition) is 0. The normalized spacial score (nSPS) is 9.40. The molecule has 0 unspecified atom stereocenters. The zero-order chi connectivity index (χ0) is 7.40. The van der Waals surface area contributed by atoms with E-state index < -0.39 is 0 Å². The third-order valence-electron chi connectivity index (χ3n) is 1.07. The Labute approximate surface area is 60.9 Å². The minimum atomic E-state index is 0.648. The van der Waals surface area contributed by atoms with Crippen LogP contribution in [0.25, 0.3) is 0 Å². The monoisotopic (exact) mass is 136 g/mol. The fourth-order valence-electron chi connectivity index (χ4n) is 0.686. The van der Waals surface area contributed by atoms with Crippen molar-refractivity contribution in [3.05, 3.63) is 30.8 Å². The third-order valence-corrected chi connectivity index (χ3v) is 1.07. The van der Waals surface area contributed by atoms with Gasteiger partial charge in [0, 0.05) is 11.8 Å². The molecule has 0 amide bonds. The molecule has 0 atom stereocenters. The summed E-state index contributed by atoms with van der Waals surface area (Å²) in [4.78, 5) is 4.03. The van der Waals surface area contributed by atoms with Gasteiger partial charge in [-0.25, -0.2) is 4.98 Å². The molecule has 1 rings (SSSR count).